The quantitative estimate of drug-likeness (QED) is 0.169. The van der Waals surface area contributed by atoms with E-state index in [1.165, 1.54) is 70.2 Å². The third kappa shape index (κ3) is 5.54. The van der Waals surface area contributed by atoms with E-state index in [1.807, 2.05) is 17.4 Å². The SMILES string of the molecule is CC1(c2ccccc2)c2ccccc2-c2c(-c3cc(-c4ccc(-c5ccc(-c6ccc7sc8ccccc8c7c6)cc5)cc4)nc(-c4ccccc4)n3)cccc21. The Bertz CT molecular complexity index is 3110. The molecule has 0 radical (unpaired) electrons. The van der Waals surface area contributed by atoms with E-state index >= 15 is 0 Å². The molecule has 0 aliphatic heterocycles. The Hall–Kier alpha value is -6.94. The van der Waals surface area contributed by atoms with Gasteiger partial charge in [0.25, 0.3) is 0 Å². The normalized spacial score (nSPS) is 14.5. The second kappa shape index (κ2) is 13.4. The van der Waals surface area contributed by atoms with Crippen LogP contribution in [-0.4, -0.2) is 9.97 Å². The van der Waals surface area contributed by atoms with Crippen LogP contribution in [0.5, 0.6) is 0 Å². The number of hydrogen-bond acceptors (Lipinski definition) is 3. The minimum absolute atomic E-state index is 0.290. The Morgan fingerprint density at radius 1 is 0.386 bits per heavy atom. The van der Waals surface area contributed by atoms with Crippen LogP contribution >= 0.6 is 11.3 Å². The van der Waals surface area contributed by atoms with E-state index in [-0.39, 0.29) is 5.41 Å². The van der Waals surface area contributed by atoms with E-state index in [1.54, 1.807) is 0 Å². The number of thiophene rings is 1. The Labute approximate surface area is 336 Å². The minimum Gasteiger partial charge on any atom is -0.228 e. The molecule has 11 rings (SSSR count). The van der Waals surface area contributed by atoms with E-state index in [9.17, 15) is 0 Å². The second-order valence-corrected chi connectivity index (χ2v) is 16.1. The highest BCUT2D eigenvalue weighted by Gasteiger charge is 2.41. The fourth-order valence-electron chi connectivity index (χ4n) is 8.88. The van der Waals surface area contributed by atoms with Crippen LogP contribution in [0.15, 0.2) is 200 Å². The summed E-state index contributed by atoms with van der Waals surface area (Å²) in [5, 5.41) is 2.65. The summed E-state index contributed by atoms with van der Waals surface area (Å²) in [5.41, 5.74) is 15.9. The lowest BCUT2D eigenvalue weighted by Crippen LogP contribution is -2.22. The maximum Gasteiger partial charge on any atom is 0.160 e. The van der Waals surface area contributed by atoms with Gasteiger partial charge in [-0.05, 0) is 81.3 Å². The molecule has 57 heavy (non-hydrogen) atoms. The van der Waals surface area contributed by atoms with E-state index in [0.717, 1.165) is 28.1 Å². The molecule has 1 atom stereocenters. The van der Waals surface area contributed by atoms with Crippen molar-refractivity contribution in [2.45, 2.75) is 12.3 Å². The average molecular weight is 745 g/mol. The molecule has 0 fully saturated rings. The van der Waals surface area contributed by atoms with E-state index < -0.39 is 0 Å². The van der Waals surface area contributed by atoms with Crippen LogP contribution in [0.3, 0.4) is 0 Å². The lowest BCUT2D eigenvalue weighted by atomic mass is 9.74. The fraction of sp³-hybridized carbons (Fsp3) is 0.0370. The van der Waals surface area contributed by atoms with Gasteiger partial charge >= 0.3 is 0 Å². The monoisotopic (exact) mass is 744 g/mol. The summed E-state index contributed by atoms with van der Waals surface area (Å²) < 4.78 is 2.66. The zero-order valence-electron chi connectivity index (χ0n) is 31.4. The molecule has 2 aromatic heterocycles. The van der Waals surface area contributed by atoms with Crippen molar-refractivity contribution in [2.75, 3.05) is 0 Å². The van der Waals surface area contributed by atoms with Crippen LogP contribution in [0.25, 0.3) is 87.5 Å². The van der Waals surface area contributed by atoms with Gasteiger partial charge in [-0.25, -0.2) is 9.97 Å². The van der Waals surface area contributed by atoms with Crippen LogP contribution < -0.4 is 0 Å². The molecule has 0 saturated carbocycles. The highest BCUT2D eigenvalue weighted by atomic mass is 32.1. The van der Waals surface area contributed by atoms with Crippen LogP contribution in [0.2, 0.25) is 0 Å². The molecule has 0 N–H and O–H groups in total. The Morgan fingerprint density at radius 3 is 1.72 bits per heavy atom. The van der Waals surface area contributed by atoms with Crippen molar-refractivity contribution in [2.24, 2.45) is 0 Å². The minimum atomic E-state index is -0.290. The number of benzene rings is 8. The van der Waals surface area contributed by atoms with Crippen molar-refractivity contribution in [3.63, 3.8) is 0 Å². The van der Waals surface area contributed by atoms with Crippen LogP contribution in [-0.2, 0) is 5.41 Å². The predicted octanol–water partition coefficient (Wildman–Crippen LogP) is 14.5. The number of nitrogens with zero attached hydrogens (tertiary/aromatic N) is 2. The molecule has 1 aliphatic rings. The zero-order valence-corrected chi connectivity index (χ0v) is 32.2. The maximum absolute atomic E-state index is 5.29. The summed E-state index contributed by atoms with van der Waals surface area (Å²) in [5.74, 6) is 0.714. The summed E-state index contributed by atoms with van der Waals surface area (Å²) in [6.07, 6.45) is 0. The molecule has 2 heterocycles. The molecule has 0 bridgehead atoms. The van der Waals surface area contributed by atoms with Crippen molar-refractivity contribution >= 4 is 31.5 Å². The van der Waals surface area contributed by atoms with Crippen molar-refractivity contribution in [3.8, 4) is 67.3 Å². The maximum atomic E-state index is 5.29. The van der Waals surface area contributed by atoms with Crippen molar-refractivity contribution in [1.29, 1.82) is 0 Å². The van der Waals surface area contributed by atoms with Crippen LogP contribution in [0.4, 0.5) is 0 Å². The lowest BCUT2D eigenvalue weighted by molar-refractivity contribution is 0.714. The van der Waals surface area contributed by atoms with Gasteiger partial charge in [0.1, 0.15) is 0 Å². The zero-order chi connectivity index (χ0) is 37.9. The standard InChI is InChI=1S/C54H36N2S/c1-54(41-15-6-3-7-16-41)46-20-10-8-18-43(46)52-44(19-12-21-47(52)54)49-34-48(55-53(56-49)39-13-4-2-5-14-39)38-29-27-36(28-30-38)35-23-25-37(26-24-35)40-31-32-51-45(33-40)42-17-9-11-22-50(42)57-51/h2-34H,1H3. The number of hydrogen-bond donors (Lipinski definition) is 0. The molecule has 268 valence electrons. The summed E-state index contributed by atoms with van der Waals surface area (Å²) in [7, 11) is 0. The Morgan fingerprint density at radius 2 is 0.947 bits per heavy atom. The third-order valence-electron chi connectivity index (χ3n) is 11.8. The largest absolute Gasteiger partial charge is 0.228 e. The first kappa shape index (κ1) is 33.4. The molecule has 1 unspecified atom stereocenters. The number of fused-ring (bicyclic) bond motifs is 6. The van der Waals surface area contributed by atoms with E-state index in [4.69, 9.17) is 9.97 Å². The molecule has 8 aromatic carbocycles. The van der Waals surface area contributed by atoms with Gasteiger partial charge in [-0.3, -0.25) is 0 Å². The van der Waals surface area contributed by atoms with Crippen LogP contribution in [0.1, 0.15) is 23.6 Å². The molecule has 3 heteroatoms. The van der Waals surface area contributed by atoms with Gasteiger partial charge in [-0.1, -0.05) is 176 Å². The number of rotatable bonds is 6. The van der Waals surface area contributed by atoms with Gasteiger partial charge in [0.2, 0.25) is 0 Å². The van der Waals surface area contributed by atoms with Gasteiger partial charge in [-0.2, -0.15) is 0 Å². The van der Waals surface area contributed by atoms with Gasteiger partial charge in [-0.15, -0.1) is 11.3 Å². The fourth-order valence-corrected chi connectivity index (χ4v) is 9.97. The average Bonchev–Trinajstić information content (AvgIpc) is 3.80. The summed E-state index contributed by atoms with van der Waals surface area (Å²) in [4.78, 5) is 10.5. The van der Waals surface area contributed by atoms with Crippen molar-refractivity contribution < 1.29 is 0 Å². The Balaban J connectivity index is 0.973. The lowest BCUT2D eigenvalue weighted by Gasteiger charge is -2.28. The van der Waals surface area contributed by atoms with Gasteiger partial charge < -0.3 is 0 Å². The molecule has 0 amide bonds. The molecule has 10 aromatic rings. The third-order valence-corrected chi connectivity index (χ3v) is 13.0. The molecular weight excluding hydrogens is 709 g/mol. The first-order valence-electron chi connectivity index (χ1n) is 19.5. The summed E-state index contributed by atoms with van der Waals surface area (Å²) in [6, 6.07) is 72.2. The van der Waals surface area contributed by atoms with Gasteiger partial charge in [0.15, 0.2) is 5.82 Å². The first-order valence-corrected chi connectivity index (χ1v) is 20.3. The van der Waals surface area contributed by atoms with Gasteiger partial charge in [0.05, 0.1) is 11.4 Å². The number of aromatic nitrogens is 2. The van der Waals surface area contributed by atoms with Gasteiger partial charge in [0, 0.05) is 42.3 Å². The topological polar surface area (TPSA) is 25.8 Å². The first-order chi connectivity index (χ1) is 28.1. The Kier molecular flexibility index (Phi) is 7.84. The highest BCUT2D eigenvalue weighted by molar-refractivity contribution is 7.25. The summed E-state index contributed by atoms with van der Waals surface area (Å²) >= 11 is 1.86. The molecular formula is C54H36N2S. The molecule has 0 saturated heterocycles. The summed E-state index contributed by atoms with van der Waals surface area (Å²) in [6.45, 7) is 2.36. The van der Waals surface area contributed by atoms with Crippen molar-refractivity contribution in [1.82, 2.24) is 9.97 Å². The smallest absolute Gasteiger partial charge is 0.160 e. The molecule has 0 spiro atoms. The van der Waals surface area contributed by atoms with Crippen LogP contribution in [0, 0.1) is 0 Å². The second-order valence-electron chi connectivity index (χ2n) is 15.1. The van der Waals surface area contributed by atoms with E-state index in [2.05, 4.69) is 201 Å². The molecule has 2 nitrogen and oxygen atoms in total. The van der Waals surface area contributed by atoms with E-state index in [0.29, 0.717) is 5.82 Å². The molecule has 1 aliphatic carbocycles. The van der Waals surface area contributed by atoms with Crippen molar-refractivity contribution in [3.05, 3.63) is 217 Å². The predicted molar refractivity (Wildman–Crippen MR) is 240 cm³/mol. The highest BCUT2D eigenvalue weighted by Crippen LogP contribution is 2.55.